The van der Waals surface area contributed by atoms with Crippen LogP contribution in [0.2, 0.25) is 0 Å². The van der Waals surface area contributed by atoms with E-state index in [1.54, 1.807) is 0 Å². The first kappa shape index (κ1) is 14.4. The molecule has 0 aromatic carbocycles. The quantitative estimate of drug-likeness (QED) is 0.577. The molecule has 0 aliphatic carbocycles. The van der Waals surface area contributed by atoms with Crippen LogP contribution in [0.5, 0.6) is 0 Å². The predicted molar refractivity (Wildman–Crippen MR) is 71.8 cm³/mol. The van der Waals surface area contributed by atoms with Gasteiger partial charge in [0.1, 0.15) is 0 Å². The van der Waals surface area contributed by atoms with Crippen LogP contribution >= 0.6 is 12.2 Å². The number of hydrogen-bond donors (Lipinski definition) is 1. The number of ether oxygens (including phenoxy) is 1. The largest absolute Gasteiger partial charge is 0.393 e. The van der Waals surface area contributed by atoms with Gasteiger partial charge in [-0.2, -0.15) is 0 Å². The second-order valence-corrected chi connectivity index (χ2v) is 4.92. The minimum absolute atomic E-state index is 0.155. The second kappa shape index (κ2) is 7.61. The van der Waals surface area contributed by atoms with E-state index < -0.39 is 0 Å². The molecule has 0 aromatic heterocycles. The number of thiocarbonyl (C=S) groups is 1. The maximum absolute atomic E-state index is 11.9. The van der Waals surface area contributed by atoms with Crippen molar-refractivity contribution in [2.24, 2.45) is 11.7 Å². The Kier molecular flexibility index (Phi) is 6.44. The van der Waals surface area contributed by atoms with Crippen LogP contribution in [0.1, 0.15) is 32.6 Å². The Hall–Kier alpha value is -0.680. The predicted octanol–water partition coefficient (Wildman–Crippen LogP) is 1.33. The highest BCUT2D eigenvalue weighted by atomic mass is 32.1. The number of nitrogens with two attached hydrogens (primary N) is 1. The van der Waals surface area contributed by atoms with E-state index in [1.807, 2.05) is 4.90 Å². The van der Waals surface area contributed by atoms with Crippen molar-refractivity contribution >= 4 is 23.1 Å². The molecule has 1 saturated heterocycles. The highest BCUT2D eigenvalue weighted by molar-refractivity contribution is 7.80. The van der Waals surface area contributed by atoms with Crippen LogP contribution in [0, 0.1) is 5.92 Å². The monoisotopic (exact) mass is 258 g/mol. The van der Waals surface area contributed by atoms with Gasteiger partial charge in [0, 0.05) is 25.6 Å². The van der Waals surface area contributed by atoms with Crippen molar-refractivity contribution in [3.63, 3.8) is 0 Å². The van der Waals surface area contributed by atoms with E-state index in [9.17, 15) is 4.79 Å². The first-order valence-corrected chi connectivity index (χ1v) is 6.70. The third-order valence-corrected chi connectivity index (χ3v) is 3.32. The first-order valence-electron chi connectivity index (χ1n) is 6.30. The Labute approximate surface area is 108 Å². The van der Waals surface area contributed by atoms with E-state index in [1.165, 1.54) is 0 Å². The summed E-state index contributed by atoms with van der Waals surface area (Å²) in [7, 11) is 0. The molecule has 1 amide bonds. The van der Waals surface area contributed by atoms with Crippen molar-refractivity contribution in [1.29, 1.82) is 0 Å². The molecule has 1 rings (SSSR count). The van der Waals surface area contributed by atoms with Crippen molar-refractivity contribution < 1.29 is 9.53 Å². The van der Waals surface area contributed by atoms with Gasteiger partial charge in [-0.05, 0) is 19.3 Å². The lowest BCUT2D eigenvalue weighted by atomic mass is 9.98. The van der Waals surface area contributed by atoms with Crippen LogP contribution in [0.15, 0.2) is 0 Å². The SMILES string of the molecule is CCCOCCC(=O)N1CCCC(C(N)=S)C1. The van der Waals surface area contributed by atoms with Crippen LogP contribution in [0.25, 0.3) is 0 Å². The summed E-state index contributed by atoms with van der Waals surface area (Å²) in [5, 5.41) is 0. The van der Waals surface area contributed by atoms with Gasteiger partial charge in [0.2, 0.25) is 5.91 Å². The van der Waals surface area contributed by atoms with Crippen molar-refractivity contribution in [2.45, 2.75) is 32.6 Å². The molecule has 1 atom stereocenters. The third kappa shape index (κ3) is 5.00. The van der Waals surface area contributed by atoms with Gasteiger partial charge >= 0.3 is 0 Å². The van der Waals surface area contributed by atoms with E-state index >= 15 is 0 Å². The average Bonchev–Trinajstić information content (AvgIpc) is 2.34. The van der Waals surface area contributed by atoms with Gasteiger partial charge in [-0.1, -0.05) is 19.1 Å². The minimum atomic E-state index is 0.155. The lowest BCUT2D eigenvalue weighted by Gasteiger charge is -2.32. The van der Waals surface area contributed by atoms with Crippen molar-refractivity contribution in [1.82, 2.24) is 4.90 Å². The summed E-state index contributed by atoms with van der Waals surface area (Å²) in [5.41, 5.74) is 5.64. The van der Waals surface area contributed by atoms with E-state index in [2.05, 4.69) is 6.92 Å². The molecular formula is C12H22N2O2S. The number of nitrogens with zero attached hydrogens (tertiary/aromatic N) is 1. The van der Waals surface area contributed by atoms with Crippen molar-refractivity contribution in [3.05, 3.63) is 0 Å². The van der Waals surface area contributed by atoms with Gasteiger partial charge in [-0.15, -0.1) is 0 Å². The molecule has 0 bridgehead atoms. The fraction of sp³-hybridized carbons (Fsp3) is 0.833. The lowest BCUT2D eigenvalue weighted by molar-refractivity contribution is -0.133. The number of carbonyl (C=O) groups is 1. The highest BCUT2D eigenvalue weighted by Gasteiger charge is 2.24. The number of rotatable bonds is 6. The van der Waals surface area contributed by atoms with Gasteiger partial charge in [0.05, 0.1) is 18.0 Å². The van der Waals surface area contributed by atoms with Crippen LogP contribution in [-0.4, -0.2) is 42.1 Å². The van der Waals surface area contributed by atoms with Crippen molar-refractivity contribution in [3.8, 4) is 0 Å². The Morgan fingerprint density at radius 2 is 2.29 bits per heavy atom. The summed E-state index contributed by atoms with van der Waals surface area (Å²) in [6, 6.07) is 0. The smallest absolute Gasteiger partial charge is 0.224 e. The summed E-state index contributed by atoms with van der Waals surface area (Å²) in [4.78, 5) is 14.3. The zero-order chi connectivity index (χ0) is 12.7. The molecule has 0 spiro atoms. The summed E-state index contributed by atoms with van der Waals surface area (Å²) < 4.78 is 5.32. The molecule has 1 aliphatic rings. The number of piperidine rings is 1. The molecule has 17 heavy (non-hydrogen) atoms. The molecule has 1 fully saturated rings. The summed E-state index contributed by atoms with van der Waals surface area (Å²) >= 11 is 4.99. The Balaban J connectivity index is 2.28. The normalized spacial score (nSPS) is 20.3. The third-order valence-electron chi connectivity index (χ3n) is 2.99. The average molecular weight is 258 g/mol. The maximum atomic E-state index is 11.9. The minimum Gasteiger partial charge on any atom is -0.393 e. The van der Waals surface area contributed by atoms with E-state index in [0.717, 1.165) is 32.4 Å². The van der Waals surface area contributed by atoms with Crippen LogP contribution < -0.4 is 5.73 Å². The van der Waals surface area contributed by atoms with Gasteiger partial charge < -0.3 is 15.4 Å². The molecule has 0 saturated carbocycles. The number of amides is 1. The summed E-state index contributed by atoms with van der Waals surface area (Å²) in [6.45, 7) is 4.80. The van der Waals surface area contributed by atoms with Crippen LogP contribution in [0.3, 0.4) is 0 Å². The molecule has 1 aliphatic heterocycles. The fourth-order valence-corrected chi connectivity index (χ4v) is 2.19. The molecular weight excluding hydrogens is 236 g/mol. The van der Waals surface area contributed by atoms with Gasteiger partial charge in [0.25, 0.3) is 0 Å². The molecule has 0 radical (unpaired) electrons. The second-order valence-electron chi connectivity index (χ2n) is 4.44. The molecule has 5 heteroatoms. The summed E-state index contributed by atoms with van der Waals surface area (Å²) in [6.07, 6.45) is 3.44. The molecule has 98 valence electrons. The number of likely N-dealkylation sites (tertiary alicyclic amines) is 1. The van der Waals surface area contributed by atoms with Crippen LogP contribution in [-0.2, 0) is 9.53 Å². The van der Waals surface area contributed by atoms with Gasteiger partial charge in [-0.3, -0.25) is 4.79 Å². The number of carbonyl (C=O) groups excluding carboxylic acids is 1. The van der Waals surface area contributed by atoms with Crippen molar-refractivity contribution in [2.75, 3.05) is 26.3 Å². The molecule has 1 unspecified atom stereocenters. The Bertz CT molecular complexity index is 271. The fourth-order valence-electron chi connectivity index (χ4n) is 2.00. The lowest BCUT2D eigenvalue weighted by Crippen LogP contribution is -2.43. The zero-order valence-corrected chi connectivity index (χ0v) is 11.3. The van der Waals surface area contributed by atoms with E-state index in [-0.39, 0.29) is 11.8 Å². The Morgan fingerprint density at radius 1 is 1.53 bits per heavy atom. The first-order chi connectivity index (χ1) is 8.15. The molecule has 4 nitrogen and oxygen atoms in total. The van der Waals surface area contributed by atoms with Gasteiger partial charge in [0.15, 0.2) is 0 Å². The Morgan fingerprint density at radius 3 is 2.94 bits per heavy atom. The van der Waals surface area contributed by atoms with E-state index in [0.29, 0.717) is 24.6 Å². The van der Waals surface area contributed by atoms with Gasteiger partial charge in [-0.25, -0.2) is 0 Å². The maximum Gasteiger partial charge on any atom is 0.224 e. The summed E-state index contributed by atoms with van der Waals surface area (Å²) in [5.74, 6) is 0.348. The molecule has 1 heterocycles. The highest BCUT2D eigenvalue weighted by Crippen LogP contribution is 2.17. The molecule has 0 aromatic rings. The topological polar surface area (TPSA) is 55.6 Å². The molecule has 2 N–H and O–H groups in total. The van der Waals surface area contributed by atoms with Crippen LogP contribution in [0.4, 0.5) is 0 Å². The number of hydrogen-bond acceptors (Lipinski definition) is 3. The van der Waals surface area contributed by atoms with E-state index in [4.69, 9.17) is 22.7 Å². The zero-order valence-electron chi connectivity index (χ0n) is 10.5. The standard InChI is InChI=1S/C12H22N2O2S/c1-2-7-16-8-5-11(15)14-6-3-4-10(9-14)12(13)17/h10H,2-9H2,1H3,(H2,13,17).